The summed E-state index contributed by atoms with van der Waals surface area (Å²) in [4.78, 5) is 46.8. The van der Waals surface area contributed by atoms with E-state index >= 15 is 0 Å². The molecule has 0 radical (unpaired) electrons. The largest absolute Gasteiger partial charge is 0.445 e. The second-order valence-electron chi connectivity index (χ2n) is 11.2. The third-order valence-corrected chi connectivity index (χ3v) is 6.45. The number of nitrogens with zero attached hydrogens (tertiary/aromatic N) is 1. The highest BCUT2D eigenvalue weighted by atomic mass is 16.5. The number of aromatic nitrogens is 2. The van der Waals surface area contributed by atoms with E-state index in [2.05, 4.69) is 25.9 Å². The molecule has 0 spiro atoms. The normalized spacial score (nSPS) is 14.0. The molecular weight excluding hydrogens is 550 g/mol. The van der Waals surface area contributed by atoms with Gasteiger partial charge < -0.3 is 35.5 Å². The van der Waals surface area contributed by atoms with Gasteiger partial charge in [-0.2, -0.15) is 0 Å². The summed E-state index contributed by atoms with van der Waals surface area (Å²) in [5, 5.41) is 19.1. The standard InChI is InChI=1S/C32H43N5O6/c1-21(2)17-25(27(38)28-33-15-16-34-28)35-30(40)31(42-19-22(3)4)37-29(39)26(18-23-11-7-5-8-12-23)36-32(41)43-20-24-13-9-6-10-14-24/h5-16,21-22,25-27,31,38H,17-20H2,1-4H3,(H,33,34)(H,35,40)(H,36,41)(H,37,39)/t25-,26-,27+,31?/m0/s1. The van der Waals surface area contributed by atoms with Crippen LogP contribution in [0.5, 0.6) is 0 Å². The second kappa shape index (κ2) is 17.0. The summed E-state index contributed by atoms with van der Waals surface area (Å²) >= 11 is 0. The average Bonchev–Trinajstić information content (AvgIpc) is 3.53. The maximum Gasteiger partial charge on any atom is 0.408 e. The van der Waals surface area contributed by atoms with Crippen LogP contribution in [0.25, 0.3) is 0 Å². The molecular formula is C32H43N5O6. The molecule has 0 saturated heterocycles. The highest BCUT2D eigenvalue weighted by molar-refractivity contribution is 5.90. The summed E-state index contributed by atoms with van der Waals surface area (Å²) in [7, 11) is 0. The number of benzene rings is 2. The number of carbonyl (C=O) groups is 3. The van der Waals surface area contributed by atoms with Crippen LogP contribution >= 0.6 is 0 Å². The van der Waals surface area contributed by atoms with Crippen LogP contribution in [-0.4, -0.2) is 57.9 Å². The minimum absolute atomic E-state index is 0.0319. The summed E-state index contributed by atoms with van der Waals surface area (Å²) < 4.78 is 11.2. The van der Waals surface area contributed by atoms with Gasteiger partial charge >= 0.3 is 6.09 Å². The Morgan fingerprint density at radius 3 is 2.09 bits per heavy atom. The molecule has 11 heteroatoms. The Kier molecular flexibility index (Phi) is 13.2. The van der Waals surface area contributed by atoms with Crippen LogP contribution in [-0.2, 0) is 32.1 Å². The van der Waals surface area contributed by atoms with Crippen LogP contribution in [0, 0.1) is 11.8 Å². The number of carbonyl (C=O) groups excluding carboxylic acids is 3. The van der Waals surface area contributed by atoms with Crippen molar-refractivity contribution in [1.82, 2.24) is 25.9 Å². The number of H-pyrrole nitrogens is 1. The van der Waals surface area contributed by atoms with Gasteiger partial charge in [-0.15, -0.1) is 0 Å². The van der Waals surface area contributed by atoms with Crippen molar-refractivity contribution in [3.8, 4) is 0 Å². The number of nitrogens with one attached hydrogen (secondary N) is 4. The molecule has 4 atom stereocenters. The first-order chi connectivity index (χ1) is 20.6. The fourth-order valence-electron chi connectivity index (χ4n) is 4.33. The fraction of sp³-hybridized carbons (Fsp3) is 0.438. The van der Waals surface area contributed by atoms with Gasteiger partial charge in [0.25, 0.3) is 5.91 Å². The number of aromatic amines is 1. The molecule has 232 valence electrons. The van der Waals surface area contributed by atoms with Crippen LogP contribution < -0.4 is 16.0 Å². The van der Waals surface area contributed by atoms with E-state index in [0.29, 0.717) is 12.2 Å². The number of aliphatic hydroxyl groups is 1. The Balaban J connectivity index is 1.75. The van der Waals surface area contributed by atoms with Crippen LogP contribution in [0.15, 0.2) is 73.1 Å². The van der Waals surface area contributed by atoms with Crippen LogP contribution in [0.1, 0.15) is 57.2 Å². The number of amides is 3. The maximum atomic E-state index is 13.6. The van der Waals surface area contributed by atoms with E-state index < -0.39 is 42.3 Å². The Hall–Kier alpha value is -4.22. The zero-order valence-corrected chi connectivity index (χ0v) is 25.2. The lowest BCUT2D eigenvalue weighted by atomic mass is 9.98. The van der Waals surface area contributed by atoms with Crippen molar-refractivity contribution in [1.29, 1.82) is 0 Å². The zero-order chi connectivity index (χ0) is 31.2. The third kappa shape index (κ3) is 11.5. The average molecular weight is 594 g/mol. The predicted octanol–water partition coefficient (Wildman–Crippen LogP) is 3.63. The van der Waals surface area contributed by atoms with Crippen molar-refractivity contribution >= 4 is 17.9 Å². The molecule has 1 unspecified atom stereocenters. The van der Waals surface area contributed by atoms with Crippen LogP contribution in [0.3, 0.4) is 0 Å². The van der Waals surface area contributed by atoms with E-state index in [1.165, 1.54) is 6.20 Å². The van der Waals surface area contributed by atoms with Gasteiger partial charge in [0, 0.05) is 18.8 Å². The Bertz CT molecular complexity index is 1250. The lowest BCUT2D eigenvalue weighted by Crippen LogP contribution is -2.57. The van der Waals surface area contributed by atoms with Crippen molar-refractivity contribution in [3.63, 3.8) is 0 Å². The van der Waals surface area contributed by atoms with E-state index in [4.69, 9.17) is 9.47 Å². The molecule has 3 amide bonds. The van der Waals surface area contributed by atoms with Gasteiger partial charge in [0.15, 0.2) is 0 Å². The lowest BCUT2D eigenvalue weighted by molar-refractivity contribution is -0.143. The minimum atomic E-state index is -1.38. The topological polar surface area (TPSA) is 155 Å². The number of imidazole rings is 1. The van der Waals surface area contributed by atoms with Gasteiger partial charge in [-0.1, -0.05) is 88.4 Å². The first-order valence-electron chi connectivity index (χ1n) is 14.5. The molecule has 1 aromatic heterocycles. The molecule has 43 heavy (non-hydrogen) atoms. The summed E-state index contributed by atoms with van der Waals surface area (Å²) in [5.74, 6) is -0.734. The molecule has 0 aliphatic rings. The maximum absolute atomic E-state index is 13.6. The molecule has 3 rings (SSSR count). The van der Waals surface area contributed by atoms with Gasteiger partial charge in [0.05, 0.1) is 12.6 Å². The van der Waals surface area contributed by atoms with E-state index in [9.17, 15) is 19.5 Å². The van der Waals surface area contributed by atoms with Crippen molar-refractivity contribution in [2.24, 2.45) is 11.8 Å². The van der Waals surface area contributed by atoms with Crippen molar-refractivity contribution in [2.75, 3.05) is 6.61 Å². The Morgan fingerprint density at radius 1 is 0.860 bits per heavy atom. The molecule has 0 aliphatic carbocycles. The Morgan fingerprint density at radius 2 is 1.51 bits per heavy atom. The first kappa shape index (κ1) is 33.3. The van der Waals surface area contributed by atoms with Crippen molar-refractivity contribution in [2.45, 2.75) is 71.6 Å². The van der Waals surface area contributed by atoms with Crippen LogP contribution in [0.2, 0.25) is 0 Å². The number of ether oxygens (including phenoxy) is 2. The minimum Gasteiger partial charge on any atom is -0.445 e. The van der Waals surface area contributed by atoms with Crippen molar-refractivity contribution < 1.29 is 29.0 Å². The number of hydrogen-bond acceptors (Lipinski definition) is 7. The van der Waals surface area contributed by atoms with E-state index in [1.807, 2.05) is 88.4 Å². The molecule has 5 N–H and O–H groups in total. The first-order valence-corrected chi connectivity index (χ1v) is 14.5. The van der Waals surface area contributed by atoms with Crippen LogP contribution in [0.4, 0.5) is 4.79 Å². The molecule has 3 aromatic rings. The number of aliphatic hydroxyl groups excluding tert-OH is 1. The zero-order valence-electron chi connectivity index (χ0n) is 25.2. The highest BCUT2D eigenvalue weighted by Crippen LogP contribution is 2.19. The van der Waals surface area contributed by atoms with Gasteiger partial charge in [-0.05, 0) is 29.4 Å². The quantitative estimate of drug-likeness (QED) is 0.159. The number of alkyl carbamates (subject to hydrolysis) is 1. The van der Waals surface area contributed by atoms with Gasteiger partial charge in [-0.25, -0.2) is 9.78 Å². The monoisotopic (exact) mass is 593 g/mol. The molecule has 11 nitrogen and oxygen atoms in total. The molecule has 0 fully saturated rings. The third-order valence-electron chi connectivity index (χ3n) is 6.45. The molecule has 0 bridgehead atoms. The fourth-order valence-corrected chi connectivity index (χ4v) is 4.33. The molecule has 0 saturated carbocycles. The highest BCUT2D eigenvalue weighted by Gasteiger charge is 2.32. The van der Waals surface area contributed by atoms with Gasteiger partial charge in [-0.3, -0.25) is 9.59 Å². The van der Waals surface area contributed by atoms with E-state index in [1.54, 1.807) is 6.20 Å². The summed E-state index contributed by atoms with van der Waals surface area (Å²) in [6.07, 6.45) is 0.451. The molecule has 1 heterocycles. The van der Waals surface area contributed by atoms with Gasteiger partial charge in [0.2, 0.25) is 12.1 Å². The van der Waals surface area contributed by atoms with E-state index in [-0.39, 0.29) is 31.5 Å². The second-order valence-corrected chi connectivity index (χ2v) is 11.2. The lowest BCUT2D eigenvalue weighted by Gasteiger charge is -2.28. The van der Waals surface area contributed by atoms with Gasteiger partial charge in [0.1, 0.15) is 24.6 Å². The number of rotatable bonds is 16. The summed E-state index contributed by atoms with van der Waals surface area (Å²) in [5.41, 5.74) is 1.60. The smallest absolute Gasteiger partial charge is 0.408 e. The Labute approximate surface area is 252 Å². The predicted molar refractivity (Wildman–Crippen MR) is 161 cm³/mol. The summed E-state index contributed by atoms with van der Waals surface area (Å²) in [6.45, 7) is 8.00. The molecule has 0 aliphatic heterocycles. The summed E-state index contributed by atoms with van der Waals surface area (Å²) in [6, 6.07) is 16.6. The SMILES string of the molecule is CC(C)COC(NC(=O)[C@H](Cc1ccccc1)NC(=O)OCc1ccccc1)C(=O)N[C@@H](CC(C)C)[C@@H](O)c1ncc[nH]1. The van der Waals surface area contributed by atoms with Crippen molar-refractivity contribution in [3.05, 3.63) is 90.0 Å². The van der Waals surface area contributed by atoms with E-state index in [0.717, 1.165) is 11.1 Å². The molecule has 2 aromatic carbocycles. The number of hydrogen-bond donors (Lipinski definition) is 5.